The van der Waals surface area contributed by atoms with Crippen molar-refractivity contribution >= 4 is 39.6 Å². The van der Waals surface area contributed by atoms with Crippen molar-refractivity contribution in [2.24, 2.45) is 0 Å². The molecule has 0 amide bonds. The third-order valence-electron chi connectivity index (χ3n) is 3.13. The Hall–Kier alpha value is -0.760. The molecule has 19 heavy (non-hydrogen) atoms. The number of piperazine rings is 1. The standard InChI is InChI=1S/C11H14ClN5S2/c1-8-7-18-11(13-8)17-4-2-16(3-5-17)6-9-10(12)19-15-14-9/h7H,2-6H2,1H3. The molecular formula is C11H14ClN5S2. The SMILES string of the molecule is Cc1csc(N2CCN(Cc3nnsc3Cl)CC2)n1. The van der Waals surface area contributed by atoms with E-state index in [0.29, 0.717) is 4.34 Å². The quantitative estimate of drug-likeness (QED) is 0.869. The minimum Gasteiger partial charge on any atom is -0.346 e. The van der Waals surface area contributed by atoms with Gasteiger partial charge in [0.05, 0.1) is 5.69 Å². The van der Waals surface area contributed by atoms with Gasteiger partial charge in [-0.05, 0) is 6.92 Å². The van der Waals surface area contributed by atoms with E-state index in [1.807, 2.05) is 6.92 Å². The molecule has 1 saturated heterocycles. The van der Waals surface area contributed by atoms with E-state index in [0.717, 1.165) is 49.2 Å². The van der Waals surface area contributed by atoms with Crippen LogP contribution in [0.1, 0.15) is 11.4 Å². The van der Waals surface area contributed by atoms with E-state index < -0.39 is 0 Å². The molecule has 2 aromatic rings. The highest BCUT2D eigenvalue weighted by Gasteiger charge is 2.20. The topological polar surface area (TPSA) is 45.2 Å². The molecule has 3 rings (SSSR count). The minimum absolute atomic E-state index is 0.706. The monoisotopic (exact) mass is 315 g/mol. The van der Waals surface area contributed by atoms with Gasteiger partial charge in [0.2, 0.25) is 0 Å². The third-order valence-corrected chi connectivity index (χ3v) is 5.14. The van der Waals surface area contributed by atoms with Crippen molar-refractivity contribution in [3.05, 3.63) is 21.1 Å². The van der Waals surface area contributed by atoms with Gasteiger partial charge in [-0.3, -0.25) is 4.90 Å². The van der Waals surface area contributed by atoms with Crippen molar-refractivity contribution in [1.29, 1.82) is 0 Å². The smallest absolute Gasteiger partial charge is 0.185 e. The van der Waals surface area contributed by atoms with Gasteiger partial charge < -0.3 is 4.90 Å². The van der Waals surface area contributed by atoms with Gasteiger partial charge in [-0.15, -0.1) is 16.4 Å². The number of halogens is 1. The molecule has 102 valence electrons. The maximum absolute atomic E-state index is 6.03. The Bertz CT molecular complexity index is 547. The lowest BCUT2D eigenvalue weighted by atomic mass is 10.3. The molecule has 8 heteroatoms. The fourth-order valence-electron chi connectivity index (χ4n) is 2.09. The molecule has 2 aromatic heterocycles. The Balaban J connectivity index is 1.56. The number of aromatic nitrogens is 3. The van der Waals surface area contributed by atoms with Gasteiger partial charge in [-0.2, -0.15) is 0 Å². The molecule has 0 saturated carbocycles. The van der Waals surface area contributed by atoms with E-state index in [1.165, 1.54) is 11.5 Å². The molecule has 0 unspecified atom stereocenters. The summed E-state index contributed by atoms with van der Waals surface area (Å²) < 4.78 is 4.57. The van der Waals surface area contributed by atoms with Crippen molar-refractivity contribution in [2.75, 3.05) is 31.1 Å². The predicted octanol–water partition coefficient (Wildman–Crippen LogP) is 2.28. The van der Waals surface area contributed by atoms with Crippen LogP contribution in [-0.4, -0.2) is 45.6 Å². The van der Waals surface area contributed by atoms with E-state index in [4.69, 9.17) is 11.6 Å². The van der Waals surface area contributed by atoms with E-state index in [1.54, 1.807) is 11.3 Å². The highest BCUT2D eigenvalue weighted by atomic mass is 35.5. The molecule has 1 aliphatic heterocycles. The number of anilines is 1. The van der Waals surface area contributed by atoms with Gasteiger partial charge >= 0.3 is 0 Å². The first-order valence-electron chi connectivity index (χ1n) is 6.08. The second-order valence-corrected chi connectivity index (χ2v) is 6.72. The van der Waals surface area contributed by atoms with Crippen molar-refractivity contribution < 1.29 is 0 Å². The minimum atomic E-state index is 0.706. The summed E-state index contributed by atoms with van der Waals surface area (Å²) in [6.07, 6.45) is 0. The molecule has 0 aliphatic carbocycles. The summed E-state index contributed by atoms with van der Waals surface area (Å²) in [7, 11) is 0. The molecule has 3 heterocycles. The molecule has 0 aromatic carbocycles. The van der Waals surface area contributed by atoms with Crippen molar-refractivity contribution in [3.63, 3.8) is 0 Å². The van der Waals surface area contributed by atoms with E-state index >= 15 is 0 Å². The Kier molecular flexibility index (Phi) is 3.97. The molecule has 5 nitrogen and oxygen atoms in total. The van der Waals surface area contributed by atoms with Gasteiger partial charge in [0.15, 0.2) is 5.13 Å². The second kappa shape index (κ2) is 5.70. The predicted molar refractivity (Wildman–Crippen MR) is 79.3 cm³/mol. The number of thiazole rings is 1. The van der Waals surface area contributed by atoms with Crippen molar-refractivity contribution in [1.82, 2.24) is 19.5 Å². The Labute approximate surface area is 125 Å². The van der Waals surface area contributed by atoms with Gasteiger partial charge in [0, 0.05) is 49.6 Å². The molecule has 0 bridgehead atoms. The summed E-state index contributed by atoms with van der Waals surface area (Å²) in [5.41, 5.74) is 1.99. The van der Waals surface area contributed by atoms with Crippen LogP contribution in [0.3, 0.4) is 0 Å². The number of nitrogens with zero attached hydrogens (tertiary/aromatic N) is 5. The zero-order valence-electron chi connectivity index (χ0n) is 10.5. The lowest BCUT2D eigenvalue weighted by molar-refractivity contribution is 0.247. The Morgan fingerprint density at radius 3 is 2.68 bits per heavy atom. The van der Waals surface area contributed by atoms with Gasteiger partial charge in [-0.1, -0.05) is 16.1 Å². The van der Waals surface area contributed by atoms with E-state index in [9.17, 15) is 0 Å². The first kappa shape index (κ1) is 13.2. The van der Waals surface area contributed by atoms with Crippen LogP contribution in [-0.2, 0) is 6.54 Å². The van der Waals surface area contributed by atoms with E-state index in [2.05, 4.69) is 29.8 Å². The summed E-state index contributed by atoms with van der Waals surface area (Å²) in [5.74, 6) is 0. The zero-order valence-corrected chi connectivity index (χ0v) is 12.9. The fraction of sp³-hybridized carbons (Fsp3) is 0.545. The highest BCUT2D eigenvalue weighted by molar-refractivity contribution is 7.13. The highest BCUT2D eigenvalue weighted by Crippen LogP contribution is 2.23. The molecule has 1 aliphatic rings. The molecule has 0 N–H and O–H groups in total. The molecule has 0 atom stereocenters. The van der Waals surface area contributed by atoms with Crippen LogP contribution in [0.15, 0.2) is 5.38 Å². The Morgan fingerprint density at radius 1 is 1.32 bits per heavy atom. The fourth-order valence-corrected chi connectivity index (χ4v) is 3.56. The van der Waals surface area contributed by atoms with Crippen LogP contribution in [0.5, 0.6) is 0 Å². The lowest BCUT2D eigenvalue weighted by Crippen LogP contribution is -2.46. The van der Waals surface area contributed by atoms with E-state index in [-0.39, 0.29) is 0 Å². The normalized spacial score (nSPS) is 17.1. The molecule has 0 radical (unpaired) electrons. The number of hydrogen-bond acceptors (Lipinski definition) is 7. The Morgan fingerprint density at radius 2 is 2.11 bits per heavy atom. The van der Waals surface area contributed by atoms with Crippen LogP contribution >= 0.6 is 34.5 Å². The molecular weight excluding hydrogens is 302 g/mol. The van der Waals surface area contributed by atoms with Crippen LogP contribution in [0.2, 0.25) is 4.34 Å². The van der Waals surface area contributed by atoms with Crippen LogP contribution in [0, 0.1) is 6.92 Å². The van der Waals surface area contributed by atoms with Gasteiger partial charge in [-0.25, -0.2) is 4.98 Å². The number of aryl methyl sites for hydroxylation is 1. The average molecular weight is 316 g/mol. The average Bonchev–Trinajstić information content (AvgIpc) is 3.00. The van der Waals surface area contributed by atoms with Crippen molar-refractivity contribution in [3.8, 4) is 0 Å². The van der Waals surface area contributed by atoms with Crippen LogP contribution in [0.4, 0.5) is 5.13 Å². The second-order valence-electron chi connectivity index (χ2n) is 4.53. The summed E-state index contributed by atoms with van der Waals surface area (Å²) >= 11 is 9.01. The maximum Gasteiger partial charge on any atom is 0.185 e. The van der Waals surface area contributed by atoms with Crippen LogP contribution < -0.4 is 4.90 Å². The molecule has 1 fully saturated rings. The number of rotatable bonds is 3. The van der Waals surface area contributed by atoms with Gasteiger partial charge in [0.1, 0.15) is 10.0 Å². The summed E-state index contributed by atoms with van der Waals surface area (Å²) in [5, 5.41) is 7.29. The van der Waals surface area contributed by atoms with Crippen LogP contribution in [0.25, 0.3) is 0 Å². The first-order chi connectivity index (χ1) is 9.22. The number of hydrogen-bond donors (Lipinski definition) is 0. The van der Waals surface area contributed by atoms with Gasteiger partial charge in [0.25, 0.3) is 0 Å². The summed E-state index contributed by atoms with van der Waals surface area (Å²) in [4.78, 5) is 9.24. The lowest BCUT2D eigenvalue weighted by Gasteiger charge is -2.34. The first-order valence-corrected chi connectivity index (χ1v) is 8.11. The zero-order chi connectivity index (χ0) is 13.2. The maximum atomic E-state index is 6.03. The van der Waals surface area contributed by atoms with Crippen molar-refractivity contribution in [2.45, 2.75) is 13.5 Å². The molecule has 0 spiro atoms. The third kappa shape index (κ3) is 3.05. The summed E-state index contributed by atoms with van der Waals surface area (Å²) in [6, 6.07) is 0. The summed E-state index contributed by atoms with van der Waals surface area (Å²) in [6.45, 7) is 6.84. The largest absolute Gasteiger partial charge is 0.346 e.